The fraction of sp³-hybridized carbons (Fsp3) is 0.545. The molecule has 0 fully saturated rings. The van der Waals surface area contributed by atoms with E-state index in [9.17, 15) is 18.0 Å². The molecule has 0 aliphatic carbocycles. The number of ether oxygens (including phenoxy) is 1. The van der Waals surface area contributed by atoms with E-state index in [1.807, 2.05) is 0 Å². The Morgan fingerprint density at radius 1 is 1.37 bits per heavy atom. The lowest BCUT2D eigenvalue weighted by Gasteiger charge is -2.20. The number of anilines is 1. The summed E-state index contributed by atoms with van der Waals surface area (Å²) in [5.41, 5.74) is -1.04. The van der Waals surface area contributed by atoms with Crippen molar-refractivity contribution in [3.63, 3.8) is 0 Å². The third-order valence-corrected chi connectivity index (χ3v) is 2.46. The number of rotatable bonds is 5. The number of carbonyl (C=O) groups is 1. The van der Waals surface area contributed by atoms with Crippen molar-refractivity contribution in [1.82, 2.24) is 10.2 Å². The van der Waals surface area contributed by atoms with Gasteiger partial charge in [0.1, 0.15) is 0 Å². The van der Waals surface area contributed by atoms with Gasteiger partial charge in [-0.15, -0.1) is 10.2 Å². The molecule has 0 amide bonds. The second-order valence-electron chi connectivity index (χ2n) is 3.68. The summed E-state index contributed by atoms with van der Waals surface area (Å²) in [6.45, 7) is 2.61. The van der Waals surface area contributed by atoms with Crippen LogP contribution in [0.15, 0.2) is 12.1 Å². The molecule has 1 aromatic heterocycles. The van der Waals surface area contributed by atoms with Gasteiger partial charge in [0.15, 0.2) is 11.5 Å². The Hall–Kier alpha value is -1.86. The van der Waals surface area contributed by atoms with Crippen molar-refractivity contribution >= 4 is 11.8 Å². The maximum atomic E-state index is 12.3. The second-order valence-corrected chi connectivity index (χ2v) is 3.68. The molecule has 0 aliphatic heterocycles. The van der Waals surface area contributed by atoms with Gasteiger partial charge >= 0.3 is 12.1 Å². The summed E-state index contributed by atoms with van der Waals surface area (Å²) in [6, 6.07) is 2.10. The van der Waals surface area contributed by atoms with E-state index in [0.29, 0.717) is 18.9 Å². The van der Waals surface area contributed by atoms with Gasteiger partial charge in [0.05, 0.1) is 13.5 Å². The fourth-order valence-corrected chi connectivity index (χ4v) is 1.41. The molecule has 0 bridgehead atoms. The zero-order valence-corrected chi connectivity index (χ0v) is 10.6. The Morgan fingerprint density at radius 2 is 2.05 bits per heavy atom. The first kappa shape index (κ1) is 15.2. The Bertz CT molecular complexity index is 420. The van der Waals surface area contributed by atoms with Crippen LogP contribution in [0.2, 0.25) is 0 Å². The molecule has 0 unspecified atom stereocenters. The van der Waals surface area contributed by atoms with Crippen molar-refractivity contribution < 1.29 is 22.7 Å². The van der Waals surface area contributed by atoms with Gasteiger partial charge in [0.2, 0.25) is 0 Å². The predicted octanol–water partition coefficient (Wildman–Crippen LogP) is 1.88. The van der Waals surface area contributed by atoms with Gasteiger partial charge in [-0.1, -0.05) is 0 Å². The van der Waals surface area contributed by atoms with E-state index in [1.54, 1.807) is 11.8 Å². The molecule has 1 heterocycles. The van der Waals surface area contributed by atoms with Crippen molar-refractivity contribution in [3.05, 3.63) is 17.8 Å². The minimum atomic E-state index is -4.51. The molecule has 0 spiro atoms. The third-order valence-electron chi connectivity index (χ3n) is 2.46. The lowest BCUT2D eigenvalue weighted by atomic mass is 10.3. The van der Waals surface area contributed by atoms with E-state index in [-0.39, 0.29) is 6.42 Å². The van der Waals surface area contributed by atoms with Crippen molar-refractivity contribution in [2.24, 2.45) is 0 Å². The average Bonchev–Trinajstić information content (AvgIpc) is 2.38. The summed E-state index contributed by atoms with van der Waals surface area (Å²) in [5, 5.41) is 6.66. The molecular weight excluding hydrogens is 263 g/mol. The number of hydrogen-bond donors (Lipinski definition) is 0. The highest BCUT2D eigenvalue weighted by molar-refractivity contribution is 5.69. The minimum absolute atomic E-state index is 0.132. The zero-order valence-electron chi connectivity index (χ0n) is 10.6. The number of carbonyl (C=O) groups excluding carboxylic acids is 1. The Kier molecular flexibility index (Phi) is 5.08. The van der Waals surface area contributed by atoms with E-state index >= 15 is 0 Å². The maximum absolute atomic E-state index is 12.3. The van der Waals surface area contributed by atoms with E-state index in [2.05, 4.69) is 14.9 Å². The molecule has 106 valence electrons. The highest BCUT2D eigenvalue weighted by Crippen LogP contribution is 2.27. The monoisotopic (exact) mass is 277 g/mol. The zero-order chi connectivity index (χ0) is 14.5. The van der Waals surface area contributed by atoms with Crippen LogP contribution < -0.4 is 4.90 Å². The molecule has 0 atom stereocenters. The van der Waals surface area contributed by atoms with Crippen molar-refractivity contribution in [1.29, 1.82) is 0 Å². The van der Waals surface area contributed by atoms with Gasteiger partial charge in [-0.3, -0.25) is 4.79 Å². The van der Waals surface area contributed by atoms with Crippen LogP contribution in [0.3, 0.4) is 0 Å². The first-order valence-electron chi connectivity index (χ1n) is 5.61. The standard InChI is InChI=1S/C11H14F3N3O2/c1-3-17(7-6-10(18)19-2)9-5-4-8(15-16-9)11(12,13)14/h4-5H,3,6-7H2,1-2H3. The minimum Gasteiger partial charge on any atom is -0.469 e. The third kappa shape index (κ3) is 4.38. The normalized spacial score (nSPS) is 11.2. The fourth-order valence-electron chi connectivity index (χ4n) is 1.41. The quantitative estimate of drug-likeness (QED) is 0.769. The Balaban J connectivity index is 2.74. The highest BCUT2D eigenvalue weighted by Gasteiger charge is 2.33. The molecule has 0 saturated carbocycles. The summed E-state index contributed by atoms with van der Waals surface area (Å²) in [6.07, 6.45) is -4.37. The van der Waals surface area contributed by atoms with Crippen molar-refractivity contribution in [3.8, 4) is 0 Å². The molecule has 19 heavy (non-hydrogen) atoms. The second kappa shape index (κ2) is 6.35. The van der Waals surface area contributed by atoms with E-state index < -0.39 is 17.8 Å². The lowest BCUT2D eigenvalue weighted by Crippen LogP contribution is -2.27. The molecule has 5 nitrogen and oxygen atoms in total. The lowest BCUT2D eigenvalue weighted by molar-refractivity contribution is -0.142. The van der Waals surface area contributed by atoms with Gasteiger partial charge in [0, 0.05) is 13.1 Å². The SMILES string of the molecule is CCN(CCC(=O)OC)c1ccc(C(F)(F)F)nn1. The van der Waals surface area contributed by atoms with Crippen LogP contribution >= 0.6 is 0 Å². The predicted molar refractivity (Wildman–Crippen MR) is 61.6 cm³/mol. The number of esters is 1. The van der Waals surface area contributed by atoms with Crippen LogP contribution in [0.5, 0.6) is 0 Å². The molecule has 1 aromatic rings. The summed E-state index contributed by atoms with van der Waals surface area (Å²) >= 11 is 0. The molecule has 1 rings (SSSR count). The Labute approximate surface area is 108 Å². The topological polar surface area (TPSA) is 55.3 Å². The van der Waals surface area contributed by atoms with Crippen LogP contribution in [-0.2, 0) is 15.7 Å². The van der Waals surface area contributed by atoms with Crippen LogP contribution in [0.4, 0.5) is 19.0 Å². The van der Waals surface area contributed by atoms with Crippen molar-refractivity contribution in [2.45, 2.75) is 19.5 Å². The number of aromatic nitrogens is 2. The number of halogens is 3. The summed E-state index contributed by atoms with van der Waals surface area (Å²) < 4.78 is 41.5. The highest BCUT2D eigenvalue weighted by atomic mass is 19.4. The number of hydrogen-bond acceptors (Lipinski definition) is 5. The van der Waals surface area contributed by atoms with Crippen molar-refractivity contribution in [2.75, 3.05) is 25.1 Å². The van der Waals surface area contributed by atoms with E-state index in [0.717, 1.165) is 6.07 Å². The van der Waals surface area contributed by atoms with Crippen LogP contribution in [0.1, 0.15) is 19.0 Å². The van der Waals surface area contributed by atoms with Gasteiger partial charge in [-0.05, 0) is 19.1 Å². The van der Waals surface area contributed by atoms with Gasteiger partial charge in [-0.25, -0.2) is 0 Å². The van der Waals surface area contributed by atoms with Gasteiger partial charge < -0.3 is 9.64 Å². The molecule has 0 aliphatic rings. The first-order valence-corrected chi connectivity index (χ1v) is 5.61. The summed E-state index contributed by atoms with van der Waals surface area (Å²) in [7, 11) is 1.27. The largest absolute Gasteiger partial charge is 0.469 e. The number of methoxy groups -OCH3 is 1. The average molecular weight is 277 g/mol. The molecule has 0 radical (unpaired) electrons. The van der Waals surface area contributed by atoms with E-state index in [4.69, 9.17) is 0 Å². The van der Waals surface area contributed by atoms with Crippen LogP contribution in [-0.4, -0.2) is 36.4 Å². The molecule has 0 aromatic carbocycles. The number of alkyl halides is 3. The van der Waals surface area contributed by atoms with Crippen LogP contribution in [0.25, 0.3) is 0 Å². The smallest absolute Gasteiger partial charge is 0.435 e. The summed E-state index contributed by atoms with van der Waals surface area (Å²) in [5.74, 6) is -0.0993. The summed E-state index contributed by atoms with van der Waals surface area (Å²) in [4.78, 5) is 12.7. The number of nitrogens with zero attached hydrogens (tertiary/aromatic N) is 3. The first-order chi connectivity index (χ1) is 8.88. The van der Waals surface area contributed by atoms with E-state index in [1.165, 1.54) is 13.2 Å². The molecular formula is C11H14F3N3O2. The molecule has 0 saturated heterocycles. The van der Waals surface area contributed by atoms with Gasteiger partial charge in [-0.2, -0.15) is 13.2 Å². The van der Waals surface area contributed by atoms with Crippen LogP contribution in [0, 0.1) is 0 Å². The maximum Gasteiger partial charge on any atom is 0.435 e. The molecule has 0 N–H and O–H groups in total. The Morgan fingerprint density at radius 3 is 2.47 bits per heavy atom. The molecule has 8 heteroatoms. The van der Waals surface area contributed by atoms with Gasteiger partial charge in [0.25, 0.3) is 0 Å².